The molecule has 0 atom stereocenters. The maximum atomic E-state index is 12.6. The molecule has 0 heterocycles. The Hall–Kier alpha value is -1.82. The fraction of sp³-hybridized carbons (Fsp3) is 0. The Morgan fingerprint density at radius 2 is 2.33 bits per heavy atom. The number of hydrogen-bond acceptors (Lipinski definition) is 2. The summed E-state index contributed by atoms with van der Waals surface area (Å²) in [6.45, 7) is 0. The highest BCUT2D eigenvalue weighted by Gasteiger charge is 1.98. The molecule has 0 saturated carbocycles. The molecule has 0 saturated heterocycles. The molecule has 3 heteroatoms. The molecule has 0 aromatic heterocycles. The Bertz CT molecular complexity index is 350. The van der Waals surface area contributed by atoms with E-state index in [0.717, 1.165) is 0 Å². The van der Waals surface area contributed by atoms with Gasteiger partial charge in [0.2, 0.25) is 0 Å². The lowest BCUT2D eigenvalue weighted by Crippen LogP contribution is -1.92. The number of nitrogens with zero attached hydrogens (tertiary/aromatic N) is 1. The number of hydrogen-bond donors (Lipinski definition) is 1. The zero-order valence-electron chi connectivity index (χ0n) is 6.29. The van der Waals surface area contributed by atoms with Crippen LogP contribution in [0.2, 0.25) is 0 Å². The Morgan fingerprint density at radius 3 is 2.92 bits per heavy atom. The van der Waals surface area contributed by atoms with E-state index >= 15 is 0 Å². The summed E-state index contributed by atoms with van der Waals surface area (Å²) >= 11 is 0. The summed E-state index contributed by atoms with van der Waals surface area (Å²) in [5, 5.41) is 3.27. The third kappa shape index (κ3) is 1.61. The topological polar surface area (TPSA) is 38.4 Å². The van der Waals surface area contributed by atoms with Gasteiger partial charge in [0.15, 0.2) is 0 Å². The van der Waals surface area contributed by atoms with Crippen molar-refractivity contribution in [1.82, 2.24) is 0 Å². The monoisotopic (exact) mass is 162 g/mol. The highest BCUT2D eigenvalue weighted by Crippen LogP contribution is 2.07. The normalized spacial score (nSPS) is 10.0. The molecule has 0 aliphatic heterocycles. The third-order valence-electron chi connectivity index (χ3n) is 1.38. The summed E-state index contributed by atoms with van der Waals surface area (Å²) in [5.74, 6) is 6.95. The maximum absolute atomic E-state index is 12.6. The first-order valence-corrected chi connectivity index (χ1v) is 3.27. The van der Waals surface area contributed by atoms with Gasteiger partial charge >= 0.3 is 0 Å². The van der Waals surface area contributed by atoms with Gasteiger partial charge in [-0.25, -0.2) is 4.39 Å². The number of hydrazone groups is 1. The van der Waals surface area contributed by atoms with Crippen LogP contribution in [0.1, 0.15) is 11.1 Å². The van der Waals surface area contributed by atoms with Crippen molar-refractivity contribution in [2.24, 2.45) is 10.9 Å². The van der Waals surface area contributed by atoms with Crippen molar-refractivity contribution in [1.29, 1.82) is 0 Å². The fourth-order valence-electron chi connectivity index (χ4n) is 0.852. The van der Waals surface area contributed by atoms with Crippen LogP contribution in [0, 0.1) is 18.2 Å². The average Bonchev–Trinajstić information content (AvgIpc) is 2.05. The summed E-state index contributed by atoms with van der Waals surface area (Å²) in [6.07, 6.45) is 6.47. The van der Waals surface area contributed by atoms with E-state index in [1.54, 1.807) is 0 Å². The lowest BCUT2D eigenvalue weighted by Gasteiger charge is -1.96. The Morgan fingerprint density at radius 1 is 1.58 bits per heavy atom. The standard InChI is InChI=1S/C9H7FN2/c1-2-7-3-4-9(10)5-8(7)6-12-11/h1,3-6H,11H2. The molecule has 0 aliphatic rings. The van der Waals surface area contributed by atoms with Crippen molar-refractivity contribution in [3.63, 3.8) is 0 Å². The summed E-state index contributed by atoms with van der Waals surface area (Å²) < 4.78 is 12.6. The van der Waals surface area contributed by atoms with Crippen molar-refractivity contribution in [2.75, 3.05) is 0 Å². The Balaban J connectivity index is 3.24. The molecular weight excluding hydrogens is 155 g/mol. The summed E-state index contributed by atoms with van der Waals surface area (Å²) in [7, 11) is 0. The minimum absolute atomic E-state index is 0.357. The minimum Gasteiger partial charge on any atom is -0.323 e. The van der Waals surface area contributed by atoms with Gasteiger partial charge in [-0.15, -0.1) is 6.42 Å². The largest absolute Gasteiger partial charge is 0.323 e. The summed E-state index contributed by atoms with van der Waals surface area (Å²) in [5.41, 5.74) is 1.09. The van der Waals surface area contributed by atoms with E-state index in [1.807, 2.05) is 0 Å². The molecule has 12 heavy (non-hydrogen) atoms. The highest BCUT2D eigenvalue weighted by atomic mass is 19.1. The number of nitrogens with two attached hydrogens (primary N) is 1. The van der Waals surface area contributed by atoms with Gasteiger partial charge in [0.1, 0.15) is 5.82 Å². The molecule has 0 unspecified atom stereocenters. The highest BCUT2D eigenvalue weighted by molar-refractivity contribution is 5.83. The first-order chi connectivity index (χ1) is 5.77. The van der Waals surface area contributed by atoms with E-state index in [2.05, 4.69) is 11.0 Å². The van der Waals surface area contributed by atoms with Crippen LogP contribution in [0.5, 0.6) is 0 Å². The van der Waals surface area contributed by atoms with Crippen molar-refractivity contribution < 1.29 is 4.39 Å². The van der Waals surface area contributed by atoms with E-state index in [9.17, 15) is 4.39 Å². The average molecular weight is 162 g/mol. The van der Waals surface area contributed by atoms with Gasteiger partial charge in [0, 0.05) is 11.1 Å². The van der Waals surface area contributed by atoms with Crippen LogP contribution in [-0.2, 0) is 0 Å². The van der Waals surface area contributed by atoms with Crippen LogP contribution < -0.4 is 5.84 Å². The third-order valence-corrected chi connectivity index (χ3v) is 1.38. The first-order valence-electron chi connectivity index (χ1n) is 3.27. The molecule has 2 N–H and O–H groups in total. The van der Waals surface area contributed by atoms with Crippen molar-refractivity contribution in [3.8, 4) is 12.3 Å². The second kappa shape index (κ2) is 3.54. The van der Waals surface area contributed by atoms with Gasteiger partial charge < -0.3 is 5.84 Å². The van der Waals surface area contributed by atoms with Crippen LogP contribution in [0.15, 0.2) is 23.3 Å². The number of terminal acetylenes is 1. The van der Waals surface area contributed by atoms with Crippen molar-refractivity contribution in [2.45, 2.75) is 0 Å². The SMILES string of the molecule is C#Cc1ccc(F)cc1C=NN. The summed E-state index contributed by atoms with van der Waals surface area (Å²) in [4.78, 5) is 0. The summed E-state index contributed by atoms with van der Waals surface area (Å²) in [6, 6.07) is 4.08. The molecule has 0 aliphatic carbocycles. The van der Waals surface area contributed by atoms with Crippen LogP contribution in [0.4, 0.5) is 4.39 Å². The predicted molar refractivity (Wildman–Crippen MR) is 46.1 cm³/mol. The Kier molecular flexibility index (Phi) is 2.44. The van der Waals surface area contributed by atoms with Gasteiger partial charge in [-0.2, -0.15) is 5.10 Å². The lowest BCUT2D eigenvalue weighted by molar-refractivity contribution is 0.627. The fourth-order valence-corrected chi connectivity index (χ4v) is 0.852. The van der Waals surface area contributed by atoms with Gasteiger partial charge in [0.25, 0.3) is 0 Å². The van der Waals surface area contributed by atoms with Crippen LogP contribution in [0.3, 0.4) is 0 Å². The van der Waals surface area contributed by atoms with Crippen molar-refractivity contribution in [3.05, 3.63) is 35.1 Å². The molecule has 0 spiro atoms. The number of rotatable bonds is 1. The van der Waals surface area contributed by atoms with E-state index in [-0.39, 0.29) is 5.82 Å². The molecule has 0 amide bonds. The smallest absolute Gasteiger partial charge is 0.123 e. The number of benzene rings is 1. The molecule has 0 fully saturated rings. The Labute approximate surface area is 69.9 Å². The van der Waals surface area contributed by atoms with Gasteiger partial charge in [-0.05, 0) is 18.2 Å². The molecule has 0 bridgehead atoms. The van der Waals surface area contributed by atoms with Gasteiger partial charge in [-0.3, -0.25) is 0 Å². The van der Waals surface area contributed by atoms with E-state index < -0.39 is 0 Å². The first kappa shape index (κ1) is 8.28. The minimum atomic E-state index is -0.357. The molecule has 0 radical (unpaired) electrons. The number of halogens is 1. The van der Waals surface area contributed by atoms with Crippen LogP contribution >= 0.6 is 0 Å². The lowest BCUT2D eigenvalue weighted by atomic mass is 10.1. The van der Waals surface area contributed by atoms with Crippen LogP contribution in [-0.4, -0.2) is 6.21 Å². The molecule has 60 valence electrons. The molecule has 1 rings (SSSR count). The van der Waals surface area contributed by atoms with Gasteiger partial charge in [-0.1, -0.05) is 5.92 Å². The van der Waals surface area contributed by atoms with E-state index in [1.165, 1.54) is 24.4 Å². The molecular formula is C9H7FN2. The zero-order valence-corrected chi connectivity index (χ0v) is 6.29. The zero-order chi connectivity index (χ0) is 8.97. The molecule has 1 aromatic carbocycles. The second-order valence-electron chi connectivity index (χ2n) is 2.15. The molecule has 1 aromatic rings. The molecule has 2 nitrogen and oxygen atoms in total. The quantitative estimate of drug-likeness (QED) is 0.285. The van der Waals surface area contributed by atoms with Crippen molar-refractivity contribution >= 4 is 6.21 Å². The second-order valence-corrected chi connectivity index (χ2v) is 2.15. The van der Waals surface area contributed by atoms with E-state index in [4.69, 9.17) is 12.3 Å². The van der Waals surface area contributed by atoms with E-state index in [0.29, 0.717) is 11.1 Å². The predicted octanol–water partition coefficient (Wildman–Crippen LogP) is 1.10. The maximum Gasteiger partial charge on any atom is 0.123 e. The van der Waals surface area contributed by atoms with Crippen LogP contribution in [0.25, 0.3) is 0 Å². The van der Waals surface area contributed by atoms with Gasteiger partial charge in [0.05, 0.1) is 6.21 Å².